The summed E-state index contributed by atoms with van der Waals surface area (Å²) in [6, 6.07) is 11.7. The Morgan fingerprint density at radius 1 is 1.29 bits per heavy atom. The molecule has 0 aliphatic carbocycles. The molecular weight excluding hydrogens is 293 g/mol. The summed E-state index contributed by atoms with van der Waals surface area (Å²) in [7, 11) is 0. The van der Waals surface area contributed by atoms with E-state index in [9.17, 15) is 9.50 Å². The molecule has 0 saturated heterocycles. The Hall–Kier alpha value is -1.78. The van der Waals surface area contributed by atoms with Gasteiger partial charge in [-0.1, -0.05) is 23.7 Å². The minimum absolute atomic E-state index is 0.162. The fourth-order valence-electron chi connectivity index (χ4n) is 1.82. The van der Waals surface area contributed by atoms with Gasteiger partial charge in [-0.05, 0) is 42.8 Å². The molecule has 0 heterocycles. The van der Waals surface area contributed by atoms with Gasteiger partial charge < -0.3 is 15.2 Å². The van der Waals surface area contributed by atoms with Crippen LogP contribution in [0.4, 0.5) is 10.1 Å². The smallest absolute Gasteiger partial charge is 0.124 e. The quantitative estimate of drug-likeness (QED) is 0.856. The summed E-state index contributed by atoms with van der Waals surface area (Å²) < 4.78 is 18.4. The van der Waals surface area contributed by atoms with Crippen molar-refractivity contribution in [3.63, 3.8) is 0 Å². The van der Waals surface area contributed by atoms with Crippen LogP contribution in [0.1, 0.15) is 5.56 Å². The van der Waals surface area contributed by atoms with Crippen molar-refractivity contribution in [2.45, 2.75) is 13.0 Å². The molecule has 0 aliphatic rings. The Kier molecular flexibility index (Phi) is 5.42. The summed E-state index contributed by atoms with van der Waals surface area (Å²) in [5.41, 5.74) is 1.67. The van der Waals surface area contributed by atoms with Gasteiger partial charge in [-0.25, -0.2) is 4.39 Å². The van der Waals surface area contributed by atoms with Crippen LogP contribution in [0.2, 0.25) is 5.02 Å². The lowest BCUT2D eigenvalue weighted by Gasteiger charge is -2.15. The van der Waals surface area contributed by atoms with Crippen molar-refractivity contribution in [2.24, 2.45) is 0 Å². The number of hydrogen-bond acceptors (Lipinski definition) is 3. The van der Waals surface area contributed by atoms with Crippen LogP contribution in [0, 0.1) is 12.7 Å². The van der Waals surface area contributed by atoms with Crippen molar-refractivity contribution in [3.8, 4) is 5.75 Å². The molecule has 1 unspecified atom stereocenters. The molecule has 0 saturated carbocycles. The zero-order valence-electron chi connectivity index (χ0n) is 11.6. The summed E-state index contributed by atoms with van der Waals surface area (Å²) in [6.45, 7) is 2.40. The van der Waals surface area contributed by atoms with Crippen molar-refractivity contribution in [2.75, 3.05) is 18.5 Å². The second-order valence-corrected chi connectivity index (χ2v) is 5.19. The Morgan fingerprint density at radius 3 is 2.81 bits per heavy atom. The maximum Gasteiger partial charge on any atom is 0.124 e. The number of nitrogens with one attached hydrogen (secondary N) is 1. The van der Waals surface area contributed by atoms with Crippen molar-refractivity contribution < 1.29 is 14.2 Å². The molecule has 0 radical (unpaired) electrons. The third kappa shape index (κ3) is 4.92. The normalized spacial score (nSPS) is 12.0. The van der Waals surface area contributed by atoms with Gasteiger partial charge in [-0.15, -0.1) is 0 Å². The van der Waals surface area contributed by atoms with E-state index >= 15 is 0 Å². The van der Waals surface area contributed by atoms with Crippen LogP contribution in [0.25, 0.3) is 0 Å². The van der Waals surface area contributed by atoms with E-state index in [-0.39, 0.29) is 18.2 Å². The van der Waals surface area contributed by atoms with Gasteiger partial charge in [0.1, 0.15) is 24.3 Å². The molecule has 1 atom stereocenters. The molecule has 2 aromatic rings. The zero-order chi connectivity index (χ0) is 15.2. The number of benzene rings is 2. The average Bonchev–Trinajstić information content (AvgIpc) is 2.44. The molecule has 112 valence electrons. The highest BCUT2D eigenvalue weighted by atomic mass is 35.5. The molecule has 2 N–H and O–H groups in total. The number of rotatable bonds is 6. The minimum Gasteiger partial charge on any atom is -0.491 e. The zero-order valence-corrected chi connectivity index (χ0v) is 12.4. The fourth-order valence-corrected chi connectivity index (χ4v) is 2.05. The van der Waals surface area contributed by atoms with E-state index in [1.807, 2.05) is 31.2 Å². The maximum atomic E-state index is 12.9. The van der Waals surface area contributed by atoms with Gasteiger partial charge in [0, 0.05) is 6.54 Å². The maximum absolute atomic E-state index is 12.9. The summed E-state index contributed by atoms with van der Waals surface area (Å²) in [6.07, 6.45) is -0.702. The van der Waals surface area contributed by atoms with Crippen LogP contribution in [0.3, 0.4) is 0 Å². The summed E-state index contributed by atoms with van der Waals surface area (Å²) in [4.78, 5) is 0. The van der Waals surface area contributed by atoms with Crippen LogP contribution in [0.15, 0.2) is 42.5 Å². The van der Waals surface area contributed by atoms with E-state index in [4.69, 9.17) is 16.3 Å². The number of anilines is 1. The lowest BCUT2D eigenvalue weighted by atomic mass is 10.2. The first-order valence-electron chi connectivity index (χ1n) is 6.61. The van der Waals surface area contributed by atoms with Crippen molar-refractivity contribution in [1.82, 2.24) is 0 Å². The van der Waals surface area contributed by atoms with Gasteiger partial charge in [0.05, 0.1) is 10.7 Å². The number of aryl methyl sites for hydroxylation is 1. The topological polar surface area (TPSA) is 41.5 Å². The van der Waals surface area contributed by atoms with Gasteiger partial charge >= 0.3 is 0 Å². The lowest BCUT2D eigenvalue weighted by molar-refractivity contribution is 0.117. The molecular formula is C16H17ClFNO2. The van der Waals surface area contributed by atoms with Gasteiger partial charge in [-0.2, -0.15) is 0 Å². The molecule has 0 amide bonds. The standard InChI is InChI=1S/C16H17ClFNO2/c1-11-3-2-4-14(7-11)21-10-13(20)9-19-16-6-5-12(18)8-15(16)17/h2-8,13,19-20H,9-10H2,1H3. The van der Waals surface area contributed by atoms with E-state index in [0.717, 1.165) is 5.56 Å². The molecule has 0 fully saturated rings. The predicted molar refractivity (Wildman–Crippen MR) is 82.6 cm³/mol. The van der Waals surface area contributed by atoms with Crippen LogP contribution >= 0.6 is 11.6 Å². The third-order valence-corrected chi connectivity index (χ3v) is 3.20. The van der Waals surface area contributed by atoms with Gasteiger partial charge in [0.15, 0.2) is 0 Å². The molecule has 3 nitrogen and oxygen atoms in total. The third-order valence-electron chi connectivity index (χ3n) is 2.89. The molecule has 0 bridgehead atoms. The second-order valence-electron chi connectivity index (χ2n) is 4.79. The molecule has 21 heavy (non-hydrogen) atoms. The van der Waals surface area contributed by atoms with Crippen molar-refractivity contribution in [3.05, 3.63) is 58.9 Å². The Bertz CT molecular complexity index is 607. The summed E-state index contributed by atoms with van der Waals surface area (Å²) in [5, 5.41) is 13.1. The van der Waals surface area contributed by atoms with E-state index in [0.29, 0.717) is 11.4 Å². The van der Waals surface area contributed by atoms with Crippen LogP contribution in [0.5, 0.6) is 5.75 Å². The summed E-state index contributed by atoms with van der Waals surface area (Å²) >= 11 is 5.89. The molecule has 0 spiro atoms. The number of halogens is 2. The number of ether oxygens (including phenoxy) is 1. The Balaban J connectivity index is 1.80. The highest BCUT2D eigenvalue weighted by Gasteiger charge is 2.07. The van der Waals surface area contributed by atoms with E-state index < -0.39 is 11.9 Å². The lowest BCUT2D eigenvalue weighted by Crippen LogP contribution is -2.26. The second kappa shape index (κ2) is 7.29. The molecule has 2 rings (SSSR count). The van der Waals surface area contributed by atoms with Crippen LogP contribution in [-0.2, 0) is 0 Å². The van der Waals surface area contributed by atoms with Gasteiger partial charge in [-0.3, -0.25) is 0 Å². The summed E-state index contributed by atoms with van der Waals surface area (Å²) in [5.74, 6) is 0.322. The molecule has 0 aromatic heterocycles. The van der Waals surface area contributed by atoms with Crippen LogP contribution in [-0.4, -0.2) is 24.4 Å². The van der Waals surface area contributed by atoms with Gasteiger partial charge in [0.25, 0.3) is 0 Å². The van der Waals surface area contributed by atoms with E-state index in [1.165, 1.54) is 18.2 Å². The number of aliphatic hydroxyl groups excluding tert-OH is 1. The monoisotopic (exact) mass is 309 g/mol. The highest BCUT2D eigenvalue weighted by Crippen LogP contribution is 2.22. The number of hydrogen-bond donors (Lipinski definition) is 2. The molecule has 0 aliphatic heterocycles. The average molecular weight is 310 g/mol. The predicted octanol–water partition coefficient (Wildman–Crippen LogP) is 3.64. The Labute approximate surface area is 128 Å². The molecule has 5 heteroatoms. The fraction of sp³-hybridized carbons (Fsp3) is 0.250. The first-order valence-corrected chi connectivity index (χ1v) is 6.99. The van der Waals surface area contributed by atoms with E-state index in [1.54, 1.807) is 0 Å². The van der Waals surface area contributed by atoms with Crippen molar-refractivity contribution >= 4 is 17.3 Å². The van der Waals surface area contributed by atoms with Crippen molar-refractivity contribution in [1.29, 1.82) is 0 Å². The SMILES string of the molecule is Cc1cccc(OCC(O)CNc2ccc(F)cc2Cl)c1. The van der Waals surface area contributed by atoms with Crippen LogP contribution < -0.4 is 10.1 Å². The van der Waals surface area contributed by atoms with Gasteiger partial charge in [0.2, 0.25) is 0 Å². The first kappa shape index (κ1) is 15.6. The Morgan fingerprint density at radius 2 is 2.10 bits per heavy atom. The van der Waals surface area contributed by atoms with E-state index in [2.05, 4.69) is 5.32 Å². The largest absolute Gasteiger partial charge is 0.491 e. The molecule has 2 aromatic carbocycles. The highest BCUT2D eigenvalue weighted by molar-refractivity contribution is 6.33. The number of aliphatic hydroxyl groups is 1. The minimum atomic E-state index is -0.702. The first-order chi connectivity index (χ1) is 10.0.